The van der Waals surface area contributed by atoms with Crippen LogP contribution in [0.3, 0.4) is 0 Å². The van der Waals surface area contributed by atoms with Crippen molar-refractivity contribution in [3.63, 3.8) is 0 Å². The normalized spacial score (nSPS) is 11.8. The molecule has 2 nitrogen and oxygen atoms in total. The Balaban J connectivity index is 3.97. The van der Waals surface area contributed by atoms with Gasteiger partial charge in [0.2, 0.25) is 0 Å². The van der Waals surface area contributed by atoms with Gasteiger partial charge in [0, 0.05) is 6.20 Å². The van der Waals surface area contributed by atoms with Gasteiger partial charge in [-0.25, -0.2) is 0 Å². The lowest BCUT2D eigenvalue weighted by Gasteiger charge is -2.03. The first kappa shape index (κ1) is 8.24. The van der Waals surface area contributed by atoms with E-state index in [0.29, 0.717) is 5.92 Å². The van der Waals surface area contributed by atoms with Crippen LogP contribution in [0.2, 0.25) is 0 Å². The molecule has 0 heterocycles. The van der Waals surface area contributed by atoms with Crippen LogP contribution in [-0.4, -0.2) is 0 Å². The molecule has 0 atom stereocenters. The lowest BCUT2D eigenvalue weighted by atomic mass is 10.1. The number of hydrogen-bond donors (Lipinski definition) is 2. The fraction of sp³-hybridized carbons (Fsp3) is 0.429. The number of nitrogens with two attached hydrogens (primary N) is 1. The second kappa shape index (κ2) is 4.15. The van der Waals surface area contributed by atoms with Crippen molar-refractivity contribution in [1.29, 1.82) is 0 Å². The summed E-state index contributed by atoms with van der Waals surface area (Å²) in [6, 6.07) is 0. The minimum Gasteiger partial charge on any atom is -0.331 e. The van der Waals surface area contributed by atoms with Gasteiger partial charge in [-0.3, -0.25) is 5.84 Å². The topological polar surface area (TPSA) is 38.0 Å². The van der Waals surface area contributed by atoms with E-state index in [1.165, 1.54) is 0 Å². The standard InChI is InChI=1S/C7H14N2/c1-4-7(5-9-8)6(2)3/h4-6,9H,1,8H2,2-3H3/b7-5+. The van der Waals surface area contributed by atoms with Crippen molar-refractivity contribution in [2.24, 2.45) is 11.8 Å². The van der Waals surface area contributed by atoms with Crippen LogP contribution in [0, 0.1) is 5.92 Å². The van der Waals surface area contributed by atoms with Gasteiger partial charge in [-0.05, 0) is 11.5 Å². The van der Waals surface area contributed by atoms with Gasteiger partial charge in [0.25, 0.3) is 0 Å². The zero-order valence-corrected chi connectivity index (χ0v) is 6.02. The first-order chi connectivity index (χ1) is 4.22. The highest BCUT2D eigenvalue weighted by Gasteiger charge is 1.95. The van der Waals surface area contributed by atoms with E-state index in [-0.39, 0.29) is 0 Å². The van der Waals surface area contributed by atoms with Gasteiger partial charge >= 0.3 is 0 Å². The number of rotatable bonds is 3. The fourth-order valence-corrected chi connectivity index (χ4v) is 0.558. The van der Waals surface area contributed by atoms with E-state index < -0.39 is 0 Å². The quantitative estimate of drug-likeness (QED) is 0.338. The monoisotopic (exact) mass is 126 g/mol. The van der Waals surface area contributed by atoms with Gasteiger partial charge < -0.3 is 5.43 Å². The van der Waals surface area contributed by atoms with E-state index in [2.05, 4.69) is 25.9 Å². The molecular formula is C7H14N2. The molecule has 0 bridgehead atoms. The Morgan fingerprint density at radius 2 is 2.22 bits per heavy atom. The number of nitrogens with one attached hydrogen (secondary N) is 1. The third kappa shape index (κ3) is 2.93. The Hall–Kier alpha value is -0.760. The van der Waals surface area contributed by atoms with Crippen molar-refractivity contribution < 1.29 is 0 Å². The summed E-state index contributed by atoms with van der Waals surface area (Å²) in [5.74, 6) is 5.55. The van der Waals surface area contributed by atoms with E-state index >= 15 is 0 Å². The molecule has 3 N–H and O–H groups in total. The van der Waals surface area contributed by atoms with Crippen molar-refractivity contribution >= 4 is 0 Å². The van der Waals surface area contributed by atoms with E-state index in [1.54, 1.807) is 12.3 Å². The molecule has 0 spiro atoms. The zero-order chi connectivity index (χ0) is 7.28. The first-order valence-electron chi connectivity index (χ1n) is 3.01. The maximum absolute atomic E-state index is 5.07. The Kier molecular flexibility index (Phi) is 3.80. The molecule has 0 aliphatic rings. The van der Waals surface area contributed by atoms with Gasteiger partial charge in [-0.1, -0.05) is 26.5 Å². The van der Waals surface area contributed by atoms with Gasteiger partial charge in [0.15, 0.2) is 0 Å². The van der Waals surface area contributed by atoms with Crippen molar-refractivity contribution in [2.45, 2.75) is 13.8 Å². The summed E-state index contributed by atoms with van der Waals surface area (Å²) in [5, 5.41) is 0. The van der Waals surface area contributed by atoms with Crippen molar-refractivity contribution in [3.8, 4) is 0 Å². The average Bonchev–Trinajstić information content (AvgIpc) is 1.82. The number of hydrogen-bond acceptors (Lipinski definition) is 2. The number of allylic oxidation sites excluding steroid dienone is 2. The predicted molar refractivity (Wildman–Crippen MR) is 40.4 cm³/mol. The molecule has 0 aliphatic heterocycles. The molecule has 0 amide bonds. The largest absolute Gasteiger partial charge is 0.331 e. The molecule has 2 heteroatoms. The van der Waals surface area contributed by atoms with E-state index in [9.17, 15) is 0 Å². The third-order valence-corrected chi connectivity index (χ3v) is 1.15. The Morgan fingerprint density at radius 1 is 1.67 bits per heavy atom. The summed E-state index contributed by atoms with van der Waals surface area (Å²) in [4.78, 5) is 0. The summed E-state index contributed by atoms with van der Waals surface area (Å²) in [5.41, 5.74) is 3.59. The van der Waals surface area contributed by atoms with Crippen LogP contribution < -0.4 is 11.3 Å². The van der Waals surface area contributed by atoms with E-state index in [4.69, 9.17) is 5.84 Å². The SMILES string of the molecule is C=C/C(=C\NN)C(C)C. The lowest BCUT2D eigenvalue weighted by molar-refractivity contribution is 0.774. The molecule has 0 rings (SSSR count). The molecule has 0 radical (unpaired) electrons. The molecular weight excluding hydrogens is 112 g/mol. The van der Waals surface area contributed by atoms with Gasteiger partial charge in [0.05, 0.1) is 0 Å². The summed E-state index contributed by atoms with van der Waals surface area (Å²) >= 11 is 0. The Morgan fingerprint density at radius 3 is 2.33 bits per heavy atom. The highest BCUT2D eigenvalue weighted by Crippen LogP contribution is 2.07. The van der Waals surface area contributed by atoms with Gasteiger partial charge in [-0.15, -0.1) is 0 Å². The average molecular weight is 126 g/mol. The molecule has 0 aliphatic carbocycles. The first-order valence-corrected chi connectivity index (χ1v) is 3.01. The van der Waals surface area contributed by atoms with Crippen LogP contribution >= 0.6 is 0 Å². The molecule has 0 saturated carbocycles. The summed E-state index contributed by atoms with van der Waals surface area (Å²) < 4.78 is 0. The van der Waals surface area contributed by atoms with Gasteiger partial charge in [0.1, 0.15) is 0 Å². The van der Waals surface area contributed by atoms with Crippen molar-refractivity contribution in [1.82, 2.24) is 5.43 Å². The highest BCUT2D eigenvalue weighted by atomic mass is 15.2. The minimum absolute atomic E-state index is 0.485. The summed E-state index contributed by atoms with van der Waals surface area (Å²) in [7, 11) is 0. The molecule has 0 fully saturated rings. The maximum Gasteiger partial charge on any atom is 0.0157 e. The minimum atomic E-state index is 0.485. The Labute approximate surface area is 56.4 Å². The third-order valence-electron chi connectivity index (χ3n) is 1.15. The highest BCUT2D eigenvalue weighted by molar-refractivity contribution is 5.16. The predicted octanol–water partition coefficient (Wildman–Crippen LogP) is 1.18. The molecule has 0 saturated heterocycles. The summed E-state index contributed by atoms with van der Waals surface area (Å²) in [6.45, 7) is 7.81. The lowest BCUT2D eigenvalue weighted by Crippen LogP contribution is -2.15. The van der Waals surface area contributed by atoms with Crippen LogP contribution in [0.4, 0.5) is 0 Å². The van der Waals surface area contributed by atoms with Crippen molar-refractivity contribution in [2.75, 3.05) is 0 Å². The van der Waals surface area contributed by atoms with Crippen LogP contribution in [0.25, 0.3) is 0 Å². The summed E-state index contributed by atoms with van der Waals surface area (Å²) in [6.07, 6.45) is 3.54. The molecule has 0 unspecified atom stereocenters. The zero-order valence-electron chi connectivity index (χ0n) is 6.02. The molecule has 0 aromatic heterocycles. The fourth-order valence-electron chi connectivity index (χ4n) is 0.558. The van der Waals surface area contributed by atoms with Crippen LogP contribution in [0.5, 0.6) is 0 Å². The van der Waals surface area contributed by atoms with E-state index in [1.807, 2.05) is 0 Å². The molecule has 9 heavy (non-hydrogen) atoms. The van der Waals surface area contributed by atoms with Crippen LogP contribution in [0.15, 0.2) is 24.4 Å². The molecule has 52 valence electrons. The van der Waals surface area contributed by atoms with Crippen LogP contribution in [-0.2, 0) is 0 Å². The Bertz CT molecular complexity index is 114. The van der Waals surface area contributed by atoms with Crippen molar-refractivity contribution in [3.05, 3.63) is 24.4 Å². The smallest absolute Gasteiger partial charge is 0.0157 e. The number of hydrazine groups is 1. The van der Waals surface area contributed by atoms with Gasteiger partial charge in [-0.2, -0.15) is 0 Å². The van der Waals surface area contributed by atoms with Crippen LogP contribution in [0.1, 0.15) is 13.8 Å². The van der Waals surface area contributed by atoms with E-state index in [0.717, 1.165) is 5.57 Å². The molecule has 0 aromatic rings. The maximum atomic E-state index is 5.07. The molecule has 0 aromatic carbocycles. The second-order valence-corrected chi connectivity index (χ2v) is 2.17. The second-order valence-electron chi connectivity index (χ2n) is 2.17.